The largest absolute Gasteiger partial charge is 0.742 e. The van der Waals surface area contributed by atoms with Crippen molar-refractivity contribution in [3.63, 3.8) is 0 Å². The van der Waals surface area contributed by atoms with Crippen molar-refractivity contribution in [1.82, 2.24) is 0 Å². The summed E-state index contributed by atoms with van der Waals surface area (Å²) < 4.78 is 0. The summed E-state index contributed by atoms with van der Waals surface area (Å²) in [5, 5.41) is 0. The molecule has 6 heteroatoms. The van der Waals surface area contributed by atoms with Crippen molar-refractivity contribution in [2.45, 2.75) is 16.7 Å². The van der Waals surface area contributed by atoms with Gasteiger partial charge in [0.1, 0.15) is 0 Å². The fourth-order valence-corrected chi connectivity index (χ4v) is 3.43. The Morgan fingerprint density at radius 1 is 1.43 bits per heavy atom. The molecule has 1 rings (SSSR count). The van der Waals surface area contributed by atoms with Crippen LogP contribution in [0.1, 0.15) is 5.56 Å². The minimum absolute atomic E-state index is 0.592. The summed E-state index contributed by atoms with van der Waals surface area (Å²) in [5.41, 5.74) is 1.04. The van der Waals surface area contributed by atoms with Gasteiger partial charge in [-0.25, -0.2) is 0 Å². The second kappa shape index (κ2) is 4.75. The van der Waals surface area contributed by atoms with Gasteiger partial charge in [-0.2, -0.15) is 0 Å². The van der Waals surface area contributed by atoms with Crippen LogP contribution in [0.25, 0.3) is 0 Å². The molecule has 0 saturated carbocycles. The first-order chi connectivity index (χ1) is 6.42. The summed E-state index contributed by atoms with van der Waals surface area (Å²) in [6, 6.07) is 5.39. The number of benzene rings is 1. The highest BCUT2D eigenvalue weighted by atomic mass is 32.5. The van der Waals surface area contributed by atoms with Gasteiger partial charge in [-0.05, 0) is 24.8 Å². The molecule has 78 valence electrons. The lowest BCUT2D eigenvalue weighted by molar-refractivity contribution is -0.196. The van der Waals surface area contributed by atoms with E-state index in [0.29, 0.717) is 15.8 Å². The highest BCUT2D eigenvalue weighted by Gasteiger charge is 2.11. The summed E-state index contributed by atoms with van der Waals surface area (Å²) >= 11 is 1.62. The lowest BCUT2D eigenvalue weighted by Crippen LogP contribution is -1.98. The van der Waals surface area contributed by atoms with Crippen molar-refractivity contribution < 1.29 is 14.7 Å². The molecule has 0 aliphatic rings. The number of hydrogen-bond donors (Lipinski definition) is 2. The number of thioether (sulfide) groups is 1. The maximum absolute atomic E-state index is 10.7. The van der Waals surface area contributed by atoms with Gasteiger partial charge < -0.3 is 14.7 Å². The van der Waals surface area contributed by atoms with Crippen LogP contribution in [0.4, 0.5) is 0 Å². The monoisotopic (exact) mass is 250 g/mol. The Hall–Kier alpha value is 0.100. The van der Waals surface area contributed by atoms with Gasteiger partial charge >= 0.3 is 6.72 Å². The molecule has 14 heavy (non-hydrogen) atoms. The van der Waals surface area contributed by atoms with Crippen LogP contribution < -0.4 is 4.89 Å². The Bertz CT molecular complexity index is 378. The molecule has 1 aromatic rings. The molecule has 3 nitrogen and oxygen atoms in total. The first-order valence-electron chi connectivity index (χ1n) is 3.82. The number of rotatable bonds is 2. The summed E-state index contributed by atoms with van der Waals surface area (Å²) in [5.74, 6) is 0. The topological polar surface area (TPSA) is 63.5 Å². The smallest absolute Gasteiger partial charge is 0.321 e. The lowest BCUT2D eigenvalue weighted by atomic mass is 10.2. The summed E-state index contributed by atoms with van der Waals surface area (Å²) in [4.78, 5) is 30.0. The van der Waals surface area contributed by atoms with Crippen LogP contribution in [0.2, 0.25) is 0 Å². The van der Waals surface area contributed by atoms with Crippen LogP contribution in [0.5, 0.6) is 0 Å². The van der Waals surface area contributed by atoms with E-state index in [-0.39, 0.29) is 0 Å². The molecule has 0 spiro atoms. The van der Waals surface area contributed by atoms with Crippen LogP contribution in [0.15, 0.2) is 28.0 Å². The maximum Gasteiger partial charge on any atom is 0.321 e. The Kier molecular flexibility index (Phi) is 4.13. The van der Waals surface area contributed by atoms with E-state index >= 15 is 0 Å². The molecule has 0 atom stereocenters. The molecule has 1 aromatic carbocycles. The van der Waals surface area contributed by atoms with Crippen molar-refractivity contribution >= 4 is 29.4 Å². The Balaban J connectivity index is 3.10. The minimum Gasteiger partial charge on any atom is -0.742 e. The normalized spacial score (nSPS) is 11.5. The lowest BCUT2D eigenvalue weighted by Gasteiger charge is -2.02. The molecule has 0 aromatic heterocycles. The zero-order valence-corrected chi connectivity index (χ0v) is 10.3. The Morgan fingerprint density at radius 2 is 2.07 bits per heavy atom. The van der Waals surface area contributed by atoms with E-state index < -0.39 is 6.72 Å². The molecule has 0 bridgehead atoms. The molecule has 0 aliphatic heterocycles. The van der Waals surface area contributed by atoms with Crippen LogP contribution in [-0.4, -0.2) is 16.0 Å². The average Bonchev–Trinajstić information content (AvgIpc) is 2.01. The van der Waals surface area contributed by atoms with Gasteiger partial charge in [0, 0.05) is 17.0 Å². The van der Waals surface area contributed by atoms with Crippen molar-refractivity contribution in [3.05, 3.63) is 23.8 Å². The number of aryl methyl sites for hydroxylation is 1. The van der Waals surface area contributed by atoms with Gasteiger partial charge in [-0.1, -0.05) is 0 Å². The van der Waals surface area contributed by atoms with Gasteiger partial charge in [0.05, 0.1) is 0 Å². The summed E-state index contributed by atoms with van der Waals surface area (Å²) in [6.45, 7) is -2.10. The standard InChI is InChI=1S/C8H11O3PS2/c1-6-5-7(14-12(9,10)11)3-4-8(6)13-2/h3-5H,1-2H3,(H2-,9,10,11). The van der Waals surface area contributed by atoms with E-state index in [0.717, 1.165) is 10.5 Å². The van der Waals surface area contributed by atoms with E-state index in [4.69, 9.17) is 9.79 Å². The van der Waals surface area contributed by atoms with Gasteiger partial charge in [-0.3, -0.25) is 0 Å². The summed E-state index contributed by atoms with van der Waals surface area (Å²) in [6.07, 6.45) is 1.97. The first-order valence-corrected chi connectivity index (χ1v) is 8.08. The van der Waals surface area contributed by atoms with Crippen molar-refractivity contribution in [2.24, 2.45) is 0 Å². The molecular formula is C8H11O3PS2. The van der Waals surface area contributed by atoms with Crippen LogP contribution in [0.3, 0.4) is 0 Å². The van der Waals surface area contributed by atoms with E-state index in [2.05, 4.69) is 0 Å². The summed E-state index contributed by atoms with van der Waals surface area (Å²) in [7, 11) is 0.592. The minimum atomic E-state index is -4.02. The van der Waals surface area contributed by atoms with Gasteiger partial charge in [0.15, 0.2) is 0 Å². The molecule has 0 radical (unpaired) electrons. The zero-order valence-electron chi connectivity index (χ0n) is 7.80. The van der Waals surface area contributed by atoms with Crippen LogP contribution in [0, 0.1) is 6.92 Å². The molecular weight excluding hydrogens is 239 g/mol. The van der Waals surface area contributed by atoms with Crippen molar-refractivity contribution in [3.8, 4) is 0 Å². The molecule has 0 heterocycles. The first kappa shape index (κ1) is 12.2. The SMILES string of the molecule is CSc1ccc([S+]=P([O-])(O)O)cc1C. The fraction of sp³-hybridized carbons (Fsp3) is 0.250. The van der Waals surface area contributed by atoms with Gasteiger partial charge in [0.25, 0.3) is 0 Å². The molecule has 0 saturated heterocycles. The predicted molar refractivity (Wildman–Crippen MR) is 59.9 cm³/mol. The predicted octanol–water partition coefficient (Wildman–Crippen LogP) is 1.18. The highest BCUT2D eigenvalue weighted by Crippen LogP contribution is 2.29. The molecule has 0 fully saturated rings. The molecule has 0 unspecified atom stereocenters. The molecule has 0 amide bonds. The zero-order chi connectivity index (χ0) is 10.8. The molecule has 2 N–H and O–H groups in total. The van der Waals surface area contributed by atoms with E-state index in [9.17, 15) is 4.89 Å². The van der Waals surface area contributed by atoms with Gasteiger partial charge in [0.2, 0.25) is 15.8 Å². The van der Waals surface area contributed by atoms with Crippen LogP contribution in [-0.2, 0) is 10.9 Å². The average molecular weight is 250 g/mol. The Morgan fingerprint density at radius 3 is 2.50 bits per heavy atom. The maximum atomic E-state index is 10.7. The fourth-order valence-electron chi connectivity index (χ4n) is 1.05. The third kappa shape index (κ3) is 3.69. The van der Waals surface area contributed by atoms with E-state index in [1.54, 1.807) is 23.9 Å². The second-order valence-electron chi connectivity index (χ2n) is 2.71. The van der Waals surface area contributed by atoms with Crippen molar-refractivity contribution in [1.29, 1.82) is 0 Å². The number of hydrogen-bond acceptors (Lipinski definition) is 2. The second-order valence-corrected chi connectivity index (χ2v) is 7.17. The van der Waals surface area contributed by atoms with Crippen LogP contribution >= 0.6 is 18.5 Å². The van der Waals surface area contributed by atoms with E-state index in [1.807, 2.05) is 19.2 Å². The van der Waals surface area contributed by atoms with Gasteiger partial charge in [-0.15, -0.1) is 11.8 Å². The molecule has 0 aliphatic carbocycles. The van der Waals surface area contributed by atoms with Crippen molar-refractivity contribution in [2.75, 3.05) is 6.26 Å². The third-order valence-corrected chi connectivity index (χ3v) is 4.54. The highest BCUT2D eigenvalue weighted by molar-refractivity contribution is 8.15. The third-order valence-electron chi connectivity index (χ3n) is 1.59. The quantitative estimate of drug-likeness (QED) is 0.470. The van der Waals surface area contributed by atoms with E-state index in [1.165, 1.54) is 0 Å². The Labute approximate surface area is 91.0 Å².